The Morgan fingerprint density at radius 2 is 1.51 bits per heavy atom. The van der Waals surface area contributed by atoms with Gasteiger partial charge in [-0.3, -0.25) is 0 Å². The summed E-state index contributed by atoms with van der Waals surface area (Å²) in [5, 5.41) is 13.3. The summed E-state index contributed by atoms with van der Waals surface area (Å²) in [5.41, 5.74) is 11.1. The molecule has 0 fully saturated rings. The van der Waals surface area contributed by atoms with Crippen molar-refractivity contribution < 1.29 is 9.76 Å². The first-order valence-electron chi connectivity index (χ1n) is 13.2. The highest BCUT2D eigenvalue weighted by atomic mass is 16.5. The molecule has 0 atom stereocenters. The summed E-state index contributed by atoms with van der Waals surface area (Å²) in [5.74, 6) is 0. The number of para-hydroxylation sites is 2. The molecule has 1 aromatic heterocycles. The van der Waals surface area contributed by atoms with E-state index in [4.69, 9.17) is 4.65 Å². The highest BCUT2D eigenvalue weighted by Crippen LogP contribution is 2.57. The van der Waals surface area contributed by atoms with Crippen LogP contribution in [-0.2, 0) is 10.1 Å². The summed E-state index contributed by atoms with van der Waals surface area (Å²) >= 11 is 0. The fraction of sp³-hybridized carbons (Fsp3) is 0.273. The van der Waals surface area contributed by atoms with Gasteiger partial charge in [0, 0.05) is 27.3 Å². The molecule has 0 bridgehead atoms. The molecule has 0 saturated heterocycles. The lowest BCUT2D eigenvalue weighted by Gasteiger charge is -2.37. The summed E-state index contributed by atoms with van der Waals surface area (Å²) in [6.07, 6.45) is 0. The molecule has 2 aliphatic rings. The molecule has 1 N–H and O–H groups in total. The maximum atomic E-state index is 10.7. The maximum absolute atomic E-state index is 10.7. The van der Waals surface area contributed by atoms with Gasteiger partial charge in [0.25, 0.3) is 0 Å². The van der Waals surface area contributed by atoms with Crippen molar-refractivity contribution in [3.63, 3.8) is 0 Å². The largest absolute Gasteiger partial charge is 0.427 e. The van der Waals surface area contributed by atoms with Crippen molar-refractivity contribution >= 4 is 34.8 Å². The normalized spacial score (nSPS) is 15.2. The molecule has 184 valence electrons. The average Bonchev–Trinajstić information content (AvgIpc) is 3.26. The van der Waals surface area contributed by atoms with Crippen molar-refractivity contribution in [3.8, 4) is 27.9 Å². The van der Waals surface area contributed by atoms with Crippen LogP contribution in [0.25, 0.3) is 49.7 Å². The second-order valence-electron chi connectivity index (χ2n) is 12.3. The zero-order valence-corrected chi connectivity index (χ0v) is 22.4. The molecule has 37 heavy (non-hydrogen) atoms. The first-order valence-corrected chi connectivity index (χ1v) is 13.2. The molecule has 7 rings (SSSR count). The minimum Gasteiger partial charge on any atom is -0.427 e. The van der Waals surface area contributed by atoms with Crippen LogP contribution in [0.1, 0.15) is 52.7 Å². The quantitative estimate of drug-likeness (QED) is 0.285. The Morgan fingerprint density at radius 3 is 2.30 bits per heavy atom. The van der Waals surface area contributed by atoms with Gasteiger partial charge in [0.2, 0.25) is 0 Å². The van der Waals surface area contributed by atoms with Gasteiger partial charge in [-0.05, 0) is 62.1 Å². The second-order valence-corrected chi connectivity index (χ2v) is 12.3. The van der Waals surface area contributed by atoms with E-state index >= 15 is 0 Å². The van der Waals surface area contributed by atoms with Crippen LogP contribution >= 0.6 is 0 Å². The van der Waals surface area contributed by atoms with E-state index < -0.39 is 11.2 Å². The molecule has 5 aromatic rings. The minimum atomic E-state index is -0.951. The highest BCUT2D eigenvalue weighted by Gasteiger charge is 2.42. The van der Waals surface area contributed by atoms with Gasteiger partial charge in [-0.25, -0.2) is 0 Å². The Morgan fingerprint density at radius 1 is 0.784 bits per heavy atom. The standard InChI is InChI=1S/C33H32BNO2/c1-31(2)24-16-15-22-20-11-7-9-13-26(20)35-27-14-10-8-12-21(27)23-17-19(34-37-33(5,6)32(3,4)36)18-25(31)28(23)29(24)30(22)35/h7-18,34,36H,1-6H3. The van der Waals surface area contributed by atoms with Crippen molar-refractivity contribution in [2.75, 3.05) is 0 Å². The lowest BCUT2D eigenvalue weighted by molar-refractivity contribution is -0.0893. The van der Waals surface area contributed by atoms with Gasteiger partial charge in [-0.1, -0.05) is 80.0 Å². The second kappa shape index (κ2) is 7.15. The fourth-order valence-electron chi connectivity index (χ4n) is 6.32. The molecule has 0 amide bonds. The lowest BCUT2D eigenvalue weighted by Crippen LogP contribution is -2.49. The molecule has 4 aromatic carbocycles. The number of rotatable bonds is 4. The summed E-state index contributed by atoms with van der Waals surface area (Å²) in [6, 6.07) is 26.9. The van der Waals surface area contributed by atoms with Crippen molar-refractivity contribution in [2.24, 2.45) is 0 Å². The summed E-state index contributed by atoms with van der Waals surface area (Å²) in [7, 11) is 0.441. The van der Waals surface area contributed by atoms with Crippen molar-refractivity contribution in [3.05, 3.63) is 83.9 Å². The van der Waals surface area contributed by atoms with Gasteiger partial charge in [-0.2, -0.15) is 0 Å². The third-order valence-corrected chi connectivity index (χ3v) is 9.14. The molecule has 0 radical (unpaired) electrons. The summed E-state index contributed by atoms with van der Waals surface area (Å²) in [6.45, 7) is 12.2. The van der Waals surface area contributed by atoms with E-state index in [9.17, 15) is 5.11 Å². The number of hydrogen-bond acceptors (Lipinski definition) is 2. The average molecular weight is 485 g/mol. The first kappa shape index (κ1) is 22.8. The maximum Gasteiger partial charge on any atom is 0.309 e. The van der Waals surface area contributed by atoms with Crippen LogP contribution < -0.4 is 5.46 Å². The van der Waals surface area contributed by atoms with E-state index in [0.717, 1.165) is 5.46 Å². The molecular formula is C33H32BNO2. The number of benzene rings is 4. The highest BCUT2D eigenvalue weighted by molar-refractivity contribution is 6.47. The fourth-order valence-corrected chi connectivity index (χ4v) is 6.32. The molecular weight excluding hydrogens is 453 g/mol. The van der Waals surface area contributed by atoms with Crippen LogP contribution in [0, 0.1) is 0 Å². The van der Waals surface area contributed by atoms with Crippen molar-refractivity contribution in [2.45, 2.75) is 58.2 Å². The van der Waals surface area contributed by atoms with Gasteiger partial charge in [-0.15, -0.1) is 0 Å². The van der Waals surface area contributed by atoms with Crippen LogP contribution in [0.3, 0.4) is 0 Å². The SMILES string of the molecule is CC1(C)c2cc(BOC(C)(C)C(C)(C)O)cc3c2-c2c1ccc1c4ccccc4n(c21)-c1ccccc1-3. The first-order chi connectivity index (χ1) is 17.5. The molecule has 0 saturated carbocycles. The molecule has 3 nitrogen and oxygen atoms in total. The van der Waals surface area contributed by atoms with Crippen molar-refractivity contribution in [1.82, 2.24) is 4.57 Å². The molecule has 1 aliphatic heterocycles. The lowest BCUT2D eigenvalue weighted by atomic mass is 9.76. The van der Waals surface area contributed by atoms with Gasteiger partial charge in [0.15, 0.2) is 0 Å². The van der Waals surface area contributed by atoms with Crippen molar-refractivity contribution in [1.29, 1.82) is 0 Å². The Bertz CT molecular complexity index is 1770. The predicted octanol–water partition coefficient (Wildman–Crippen LogP) is 6.61. The number of aliphatic hydroxyl groups is 1. The molecule has 2 heterocycles. The van der Waals surface area contributed by atoms with E-state index in [1.807, 2.05) is 27.7 Å². The van der Waals surface area contributed by atoms with E-state index in [0.29, 0.717) is 7.48 Å². The van der Waals surface area contributed by atoms with Gasteiger partial charge in [0.05, 0.1) is 27.9 Å². The Hall–Kier alpha value is -3.34. The minimum absolute atomic E-state index is 0.136. The predicted molar refractivity (Wildman–Crippen MR) is 156 cm³/mol. The van der Waals surface area contributed by atoms with Gasteiger partial charge < -0.3 is 14.3 Å². The monoisotopic (exact) mass is 485 g/mol. The zero-order valence-electron chi connectivity index (χ0n) is 22.4. The summed E-state index contributed by atoms with van der Waals surface area (Å²) in [4.78, 5) is 0. The smallest absolute Gasteiger partial charge is 0.309 e. The van der Waals surface area contributed by atoms with E-state index in [1.54, 1.807) is 0 Å². The van der Waals surface area contributed by atoms with E-state index in [2.05, 4.69) is 91.2 Å². The topological polar surface area (TPSA) is 34.4 Å². The Labute approximate surface area is 219 Å². The number of nitrogens with zero attached hydrogens (tertiary/aromatic N) is 1. The third-order valence-electron chi connectivity index (χ3n) is 9.14. The molecule has 0 unspecified atom stereocenters. The van der Waals surface area contributed by atoms with Gasteiger partial charge in [0.1, 0.15) is 0 Å². The van der Waals surface area contributed by atoms with E-state index in [1.165, 1.54) is 60.9 Å². The zero-order chi connectivity index (χ0) is 25.9. The third kappa shape index (κ3) is 2.91. The Balaban J connectivity index is 1.57. The van der Waals surface area contributed by atoms with Crippen LogP contribution in [-0.4, -0.2) is 28.4 Å². The van der Waals surface area contributed by atoms with E-state index in [-0.39, 0.29) is 5.41 Å². The van der Waals surface area contributed by atoms with Crippen LogP contribution in [0.2, 0.25) is 0 Å². The number of aromatic nitrogens is 1. The van der Waals surface area contributed by atoms with Crippen LogP contribution in [0.5, 0.6) is 0 Å². The Kier molecular flexibility index (Phi) is 4.41. The molecule has 1 aliphatic carbocycles. The van der Waals surface area contributed by atoms with Gasteiger partial charge >= 0.3 is 7.48 Å². The van der Waals surface area contributed by atoms with Crippen LogP contribution in [0.4, 0.5) is 0 Å². The molecule has 4 heteroatoms. The number of fused-ring (bicyclic) bond motifs is 6. The van der Waals surface area contributed by atoms with Crippen LogP contribution in [0.15, 0.2) is 72.8 Å². The summed E-state index contributed by atoms with van der Waals surface area (Å²) < 4.78 is 8.84. The number of hydrogen-bond donors (Lipinski definition) is 1. The molecule has 0 spiro atoms.